The molecule has 1 aromatic rings. The van der Waals surface area contributed by atoms with Crippen LogP contribution >= 0.6 is 22.6 Å². The lowest BCUT2D eigenvalue weighted by atomic mass is 9.76. The van der Waals surface area contributed by atoms with Crippen molar-refractivity contribution in [1.82, 2.24) is 10.6 Å². The molecule has 1 saturated heterocycles. The number of hydrogen-bond acceptors (Lipinski definition) is 3. The fraction of sp³-hybridized carbons (Fsp3) is 0.400. The van der Waals surface area contributed by atoms with Crippen LogP contribution < -0.4 is 16.0 Å². The second kappa shape index (κ2) is 6.26. The molecule has 1 aromatic carbocycles. The third kappa shape index (κ3) is 3.08. The number of hydrogen-bond donors (Lipinski definition) is 3. The van der Waals surface area contributed by atoms with Crippen molar-refractivity contribution in [3.8, 4) is 0 Å². The Hall–Kier alpha value is -1.78. The summed E-state index contributed by atoms with van der Waals surface area (Å²) in [6.45, 7) is 0. The summed E-state index contributed by atoms with van der Waals surface area (Å²) in [6, 6.07) is 1.61. The van der Waals surface area contributed by atoms with E-state index in [9.17, 15) is 23.2 Å². The fourth-order valence-corrected chi connectivity index (χ4v) is 3.44. The molecule has 1 heterocycles. The van der Waals surface area contributed by atoms with Gasteiger partial charge in [0.15, 0.2) is 0 Å². The van der Waals surface area contributed by atoms with Crippen molar-refractivity contribution in [2.75, 3.05) is 5.32 Å². The van der Waals surface area contributed by atoms with Crippen molar-refractivity contribution >= 4 is 46.1 Å². The number of anilines is 1. The van der Waals surface area contributed by atoms with Crippen LogP contribution in [-0.4, -0.2) is 23.4 Å². The van der Waals surface area contributed by atoms with Gasteiger partial charge in [0.1, 0.15) is 17.2 Å². The minimum Gasteiger partial charge on any atom is -0.326 e. The highest BCUT2D eigenvalue weighted by atomic mass is 127. The Morgan fingerprint density at radius 2 is 1.79 bits per heavy atom. The van der Waals surface area contributed by atoms with Crippen molar-refractivity contribution in [3.63, 3.8) is 0 Å². The number of halogens is 3. The van der Waals surface area contributed by atoms with Gasteiger partial charge >= 0.3 is 6.03 Å². The maximum atomic E-state index is 13.5. The van der Waals surface area contributed by atoms with Crippen LogP contribution in [0.3, 0.4) is 0 Å². The minimum absolute atomic E-state index is 0.0580. The summed E-state index contributed by atoms with van der Waals surface area (Å²) < 4.78 is 26.9. The number of carbonyl (C=O) groups excluding carboxylic acids is 3. The Morgan fingerprint density at radius 1 is 1.21 bits per heavy atom. The highest BCUT2D eigenvalue weighted by molar-refractivity contribution is 14.1. The molecule has 9 heteroatoms. The topological polar surface area (TPSA) is 87.3 Å². The molecule has 128 valence electrons. The third-order valence-electron chi connectivity index (χ3n) is 4.48. The second-order valence-electron chi connectivity index (χ2n) is 6.01. The van der Waals surface area contributed by atoms with Gasteiger partial charge in [0.25, 0.3) is 5.91 Å². The maximum Gasteiger partial charge on any atom is 0.322 e. The van der Waals surface area contributed by atoms with Crippen LogP contribution in [0.5, 0.6) is 0 Å². The zero-order valence-electron chi connectivity index (χ0n) is 12.4. The Morgan fingerprint density at radius 3 is 2.29 bits per heavy atom. The molecule has 2 fully saturated rings. The Balaban J connectivity index is 1.64. The largest absolute Gasteiger partial charge is 0.326 e. The molecule has 24 heavy (non-hydrogen) atoms. The SMILES string of the molecule is O=C1NC(=O)C2(CCC(C(=O)Nc3cc(F)c(I)c(F)c3)CC2)N1. The number of imide groups is 1. The van der Waals surface area contributed by atoms with Crippen LogP contribution in [0, 0.1) is 21.1 Å². The van der Waals surface area contributed by atoms with Gasteiger partial charge in [-0.15, -0.1) is 0 Å². The first kappa shape index (κ1) is 17.1. The molecule has 2 aliphatic rings. The Bertz CT molecular complexity index is 710. The number of carbonyl (C=O) groups is 3. The molecule has 0 unspecified atom stereocenters. The van der Waals surface area contributed by atoms with Gasteiger partial charge in [0, 0.05) is 11.6 Å². The fourth-order valence-electron chi connectivity index (χ4n) is 3.12. The predicted octanol–water partition coefficient (Wildman–Crippen LogP) is 2.28. The van der Waals surface area contributed by atoms with Crippen LogP contribution in [0.2, 0.25) is 0 Å². The van der Waals surface area contributed by atoms with Crippen molar-refractivity contribution in [1.29, 1.82) is 0 Å². The third-order valence-corrected chi connectivity index (χ3v) is 5.51. The van der Waals surface area contributed by atoms with E-state index in [1.165, 1.54) is 0 Å². The summed E-state index contributed by atoms with van der Waals surface area (Å²) in [5.74, 6) is -2.58. The summed E-state index contributed by atoms with van der Waals surface area (Å²) in [4.78, 5) is 35.4. The number of rotatable bonds is 2. The lowest BCUT2D eigenvalue weighted by Crippen LogP contribution is -2.50. The van der Waals surface area contributed by atoms with E-state index in [0.29, 0.717) is 25.7 Å². The van der Waals surface area contributed by atoms with E-state index in [1.54, 1.807) is 22.6 Å². The number of benzene rings is 1. The molecule has 3 N–H and O–H groups in total. The zero-order chi connectivity index (χ0) is 17.5. The quantitative estimate of drug-likeness (QED) is 0.368. The van der Waals surface area contributed by atoms with E-state index in [4.69, 9.17) is 0 Å². The van der Waals surface area contributed by atoms with Crippen molar-refractivity contribution in [3.05, 3.63) is 27.3 Å². The van der Waals surface area contributed by atoms with E-state index in [0.717, 1.165) is 12.1 Å². The molecule has 1 aliphatic carbocycles. The van der Waals surface area contributed by atoms with Gasteiger partial charge in [-0.2, -0.15) is 0 Å². The van der Waals surface area contributed by atoms with Crippen molar-refractivity contribution < 1.29 is 23.2 Å². The molecule has 3 rings (SSSR count). The van der Waals surface area contributed by atoms with Gasteiger partial charge in [-0.3, -0.25) is 14.9 Å². The highest BCUT2D eigenvalue weighted by Gasteiger charge is 2.48. The molecule has 0 radical (unpaired) electrons. The smallest absolute Gasteiger partial charge is 0.322 e. The van der Waals surface area contributed by atoms with Crippen LogP contribution in [-0.2, 0) is 9.59 Å². The lowest BCUT2D eigenvalue weighted by Gasteiger charge is -2.33. The molecule has 6 nitrogen and oxygen atoms in total. The second-order valence-corrected chi connectivity index (χ2v) is 7.09. The molecule has 0 bridgehead atoms. The van der Waals surface area contributed by atoms with Crippen LogP contribution in [0.4, 0.5) is 19.3 Å². The predicted molar refractivity (Wildman–Crippen MR) is 89.1 cm³/mol. The number of amides is 4. The molecule has 1 spiro atoms. The maximum absolute atomic E-state index is 13.5. The molecular formula is C15H14F2IN3O3. The first-order valence-electron chi connectivity index (χ1n) is 7.40. The number of urea groups is 1. The molecular weight excluding hydrogens is 435 g/mol. The van der Waals surface area contributed by atoms with E-state index in [1.807, 2.05) is 0 Å². The molecule has 0 atom stereocenters. The summed E-state index contributed by atoms with van der Waals surface area (Å²) in [6.07, 6.45) is 1.49. The van der Waals surface area contributed by atoms with Crippen LogP contribution in [0.1, 0.15) is 25.7 Å². The molecule has 0 aromatic heterocycles. The normalized spacial score (nSPS) is 26.2. The van der Waals surface area contributed by atoms with E-state index in [-0.39, 0.29) is 27.0 Å². The van der Waals surface area contributed by atoms with Gasteiger partial charge < -0.3 is 10.6 Å². The summed E-state index contributed by atoms with van der Waals surface area (Å²) >= 11 is 1.55. The lowest BCUT2D eigenvalue weighted by molar-refractivity contribution is -0.128. The summed E-state index contributed by atoms with van der Waals surface area (Å²) in [5, 5.41) is 7.33. The van der Waals surface area contributed by atoms with Gasteiger partial charge in [-0.1, -0.05) is 0 Å². The first-order chi connectivity index (χ1) is 11.3. The van der Waals surface area contributed by atoms with Gasteiger partial charge in [-0.05, 0) is 60.4 Å². The van der Waals surface area contributed by atoms with Gasteiger partial charge in [0.2, 0.25) is 5.91 Å². The summed E-state index contributed by atoms with van der Waals surface area (Å²) in [5.41, 5.74) is -0.878. The molecule has 1 saturated carbocycles. The van der Waals surface area contributed by atoms with Crippen molar-refractivity contribution in [2.24, 2.45) is 5.92 Å². The highest BCUT2D eigenvalue weighted by Crippen LogP contribution is 2.35. The minimum atomic E-state index is -0.936. The molecule has 1 aliphatic heterocycles. The molecule has 4 amide bonds. The average molecular weight is 449 g/mol. The zero-order valence-corrected chi connectivity index (χ0v) is 14.6. The Labute approximate surface area is 149 Å². The van der Waals surface area contributed by atoms with Gasteiger partial charge in [-0.25, -0.2) is 13.6 Å². The van der Waals surface area contributed by atoms with E-state index in [2.05, 4.69) is 16.0 Å². The number of nitrogens with one attached hydrogen (secondary N) is 3. The van der Waals surface area contributed by atoms with E-state index < -0.39 is 23.2 Å². The Kier molecular flexibility index (Phi) is 4.45. The van der Waals surface area contributed by atoms with Crippen LogP contribution in [0.25, 0.3) is 0 Å². The van der Waals surface area contributed by atoms with E-state index >= 15 is 0 Å². The monoisotopic (exact) mass is 449 g/mol. The summed E-state index contributed by atoms with van der Waals surface area (Å²) in [7, 11) is 0. The van der Waals surface area contributed by atoms with Gasteiger partial charge in [0.05, 0.1) is 3.57 Å². The average Bonchev–Trinajstić information content (AvgIpc) is 2.79. The standard InChI is InChI=1S/C15H14F2IN3O3/c16-9-5-8(6-10(17)11(9)18)19-12(22)7-1-3-15(4-2-7)13(23)20-14(24)21-15/h5-7H,1-4H2,(H,19,22)(H2,20,21,23,24). The van der Waals surface area contributed by atoms with Crippen LogP contribution in [0.15, 0.2) is 12.1 Å². The first-order valence-corrected chi connectivity index (χ1v) is 8.48. The van der Waals surface area contributed by atoms with Crippen molar-refractivity contribution in [2.45, 2.75) is 31.2 Å².